The fraction of sp³-hybridized carbons (Fsp3) is 0.417. The van der Waals surface area contributed by atoms with E-state index < -0.39 is 15.4 Å². The van der Waals surface area contributed by atoms with E-state index in [0.29, 0.717) is 5.69 Å². The van der Waals surface area contributed by atoms with E-state index in [0.717, 1.165) is 10.9 Å². The minimum atomic E-state index is -3.08. The number of nitrogens with zero attached hydrogens (tertiary/aromatic N) is 2. The molecule has 0 saturated heterocycles. The van der Waals surface area contributed by atoms with Gasteiger partial charge in [-0.25, -0.2) is 8.42 Å². The number of benzene rings is 1. The molecular weight excluding hydrogens is 250 g/mol. The summed E-state index contributed by atoms with van der Waals surface area (Å²) in [6, 6.07) is 5.53. The van der Waals surface area contributed by atoms with Gasteiger partial charge >= 0.3 is 0 Å². The maximum atomic E-state index is 11.5. The van der Waals surface area contributed by atoms with Crippen molar-refractivity contribution in [3.05, 3.63) is 24.4 Å². The van der Waals surface area contributed by atoms with Crippen molar-refractivity contribution in [3.63, 3.8) is 0 Å². The van der Waals surface area contributed by atoms with Gasteiger partial charge in [-0.1, -0.05) is 6.07 Å². The number of hydrogen-bond donors (Lipinski definition) is 1. The number of rotatable bonds is 3. The quantitative estimate of drug-likeness (QED) is 0.853. The Morgan fingerprint density at radius 3 is 2.67 bits per heavy atom. The summed E-state index contributed by atoms with van der Waals surface area (Å²) in [5.41, 5.74) is 6.76. The van der Waals surface area contributed by atoms with E-state index in [2.05, 4.69) is 5.10 Å². The Kier molecular flexibility index (Phi) is 2.85. The third-order valence-electron chi connectivity index (χ3n) is 2.84. The van der Waals surface area contributed by atoms with Crippen LogP contribution in [0.15, 0.2) is 24.4 Å². The Morgan fingerprint density at radius 2 is 2.06 bits per heavy atom. The fourth-order valence-corrected chi connectivity index (χ4v) is 3.66. The topological polar surface area (TPSA) is 78.0 Å². The van der Waals surface area contributed by atoms with Gasteiger partial charge in [0.1, 0.15) is 9.84 Å². The highest BCUT2D eigenvalue weighted by Crippen LogP contribution is 2.26. The number of nitrogens with two attached hydrogens (primary N) is 1. The summed E-state index contributed by atoms with van der Waals surface area (Å²) in [5, 5.41) is 5.13. The summed E-state index contributed by atoms with van der Waals surface area (Å²) >= 11 is 0. The lowest BCUT2D eigenvalue weighted by Crippen LogP contribution is -2.35. The van der Waals surface area contributed by atoms with Gasteiger partial charge in [0.25, 0.3) is 0 Å². The zero-order valence-electron chi connectivity index (χ0n) is 10.7. The van der Waals surface area contributed by atoms with Crippen LogP contribution in [0, 0.1) is 0 Å². The number of fused-ring (bicyclic) bond motifs is 1. The van der Waals surface area contributed by atoms with Crippen LogP contribution in [0.25, 0.3) is 10.9 Å². The first-order chi connectivity index (χ1) is 8.21. The van der Waals surface area contributed by atoms with Crippen molar-refractivity contribution in [3.8, 4) is 0 Å². The minimum Gasteiger partial charge on any atom is -0.398 e. The van der Waals surface area contributed by atoms with Gasteiger partial charge in [-0.3, -0.25) is 4.68 Å². The van der Waals surface area contributed by atoms with Crippen molar-refractivity contribution in [2.24, 2.45) is 0 Å². The second-order valence-corrected chi connectivity index (χ2v) is 7.36. The van der Waals surface area contributed by atoms with Gasteiger partial charge in [0, 0.05) is 17.3 Å². The zero-order chi connectivity index (χ0) is 13.6. The number of sulfone groups is 1. The van der Waals surface area contributed by atoms with Gasteiger partial charge in [0.15, 0.2) is 0 Å². The van der Waals surface area contributed by atoms with Crippen molar-refractivity contribution >= 4 is 26.4 Å². The minimum absolute atomic E-state index is 0.0333. The zero-order valence-corrected chi connectivity index (χ0v) is 11.5. The molecule has 0 aliphatic carbocycles. The van der Waals surface area contributed by atoms with Crippen molar-refractivity contribution in [1.82, 2.24) is 9.78 Å². The molecule has 2 aromatic rings. The molecule has 0 radical (unpaired) electrons. The smallest absolute Gasteiger partial charge is 0.149 e. The van der Waals surface area contributed by atoms with Gasteiger partial charge < -0.3 is 5.73 Å². The summed E-state index contributed by atoms with van der Waals surface area (Å²) in [7, 11) is -3.08. The monoisotopic (exact) mass is 267 g/mol. The Labute approximate surface area is 107 Å². The molecule has 1 aromatic carbocycles. The summed E-state index contributed by atoms with van der Waals surface area (Å²) in [6.45, 7) is 3.70. The maximum Gasteiger partial charge on any atom is 0.149 e. The first-order valence-electron chi connectivity index (χ1n) is 5.61. The van der Waals surface area contributed by atoms with Crippen molar-refractivity contribution < 1.29 is 8.42 Å². The molecule has 0 atom stereocenters. The highest BCUT2D eigenvalue weighted by Gasteiger charge is 2.27. The largest absolute Gasteiger partial charge is 0.398 e. The number of aromatic nitrogens is 2. The highest BCUT2D eigenvalue weighted by molar-refractivity contribution is 7.90. The van der Waals surface area contributed by atoms with E-state index in [1.54, 1.807) is 16.9 Å². The molecule has 18 heavy (non-hydrogen) atoms. The second kappa shape index (κ2) is 3.98. The molecule has 0 aliphatic rings. The standard InChI is InChI=1S/C12H17N3O2S/c1-12(2,8-18(3,16)17)15-11-6-4-5-10(13)9(11)7-14-15/h4-7H,8,13H2,1-3H3. The van der Waals surface area contributed by atoms with Gasteiger partial charge in [0.05, 0.1) is 23.0 Å². The molecular formula is C12H17N3O2S. The molecule has 0 bridgehead atoms. The first kappa shape index (κ1) is 12.9. The molecule has 0 fully saturated rings. The van der Waals surface area contributed by atoms with Crippen molar-refractivity contribution in [2.75, 3.05) is 17.7 Å². The van der Waals surface area contributed by atoms with Crippen molar-refractivity contribution in [2.45, 2.75) is 19.4 Å². The van der Waals surface area contributed by atoms with Crippen LogP contribution in [0.3, 0.4) is 0 Å². The molecule has 2 rings (SSSR count). The Hall–Kier alpha value is -1.56. The molecule has 0 unspecified atom stereocenters. The van der Waals surface area contributed by atoms with E-state index in [1.165, 1.54) is 6.26 Å². The Morgan fingerprint density at radius 1 is 1.39 bits per heavy atom. The van der Waals surface area contributed by atoms with Gasteiger partial charge in [-0.05, 0) is 26.0 Å². The molecule has 5 nitrogen and oxygen atoms in total. The molecule has 0 aliphatic heterocycles. The predicted molar refractivity (Wildman–Crippen MR) is 73.2 cm³/mol. The van der Waals surface area contributed by atoms with Crippen LogP contribution in [-0.2, 0) is 15.4 Å². The van der Waals surface area contributed by atoms with E-state index >= 15 is 0 Å². The van der Waals surface area contributed by atoms with E-state index in [1.807, 2.05) is 26.0 Å². The fourth-order valence-electron chi connectivity index (χ4n) is 2.26. The molecule has 0 amide bonds. The number of hydrogen-bond acceptors (Lipinski definition) is 4. The van der Waals surface area contributed by atoms with E-state index in [-0.39, 0.29) is 5.75 Å². The lowest BCUT2D eigenvalue weighted by Gasteiger charge is -2.25. The molecule has 0 spiro atoms. The number of nitrogen functional groups attached to an aromatic ring is 1. The lowest BCUT2D eigenvalue weighted by atomic mass is 10.1. The first-order valence-corrected chi connectivity index (χ1v) is 7.67. The maximum absolute atomic E-state index is 11.5. The van der Waals surface area contributed by atoms with Crippen LogP contribution in [0.5, 0.6) is 0 Å². The summed E-state index contributed by atoms with van der Waals surface area (Å²) < 4.78 is 24.7. The normalized spacial score (nSPS) is 13.1. The molecule has 0 saturated carbocycles. The third-order valence-corrected chi connectivity index (χ3v) is 4.07. The van der Waals surface area contributed by atoms with Crippen LogP contribution in [-0.4, -0.2) is 30.2 Å². The van der Waals surface area contributed by atoms with Gasteiger partial charge in [-0.2, -0.15) is 5.10 Å². The van der Waals surface area contributed by atoms with E-state index in [9.17, 15) is 8.42 Å². The molecule has 1 aromatic heterocycles. The SMILES string of the molecule is CC(C)(CS(C)(=O)=O)n1ncc2c(N)cccc21. The summed E-state index contributed by atoms with van der Waals surface area (Å²) in [6.07, 6.45) is 2.91. The molecule has 1 heterocycles. The average molecular weight is 267 g/mol. The van der Waals surface area contributed by atoms with E-state index in [4.69, 9.17) is 5.73 Å². The van der Waals surface area contributed by atoms with Crippen LogP contribution in [0.2, 0.25) is 0 Å². The molecule has 98 valence electrons. The number of anilines is 1. The Bertz CT molecular complexity index is 686. The third kappa shape index (κ3) is 2.33. The molecule has 6 heteroatoms. The van der Waals surface area contributed by atoms with Gasteiger partial charge in [0.2, 0.25) is 0 Å². The van der Waals surface area contributed by atoms with Gasteiger partial charge in [-0.15, -0.1) is 0 Å². The summed E-state index contributed by atoms with van der Waals surface area (Å²) in [4.78, 5) is 0. The summed E-state index contributed by atoms with van der Waals surface area (Å²) in [5.74, 6) is 0.0333. The van der Waals surface area contributed by atoms with Crippen LogP contribution in [0.1, 0.15) is 13.8 Å². The predicted octanol–water partition coefficient (Wildman–Crippen LogP) is 1.40. The van der Waals surface area contributed by atoms with Crippen LogP contribution >= 0.6 is 0 Å². The average Bonchev–Trinajstić information content (AvgIpc) is 2.59. The van der Waals surface area contributed by atoms with Crippen LogP contribution < -0.4 is 5.73 Å². The second-order valence-electron chi connectivity index (χ2n) is 5.22. The highest BCUT2D eigenvalue weighted by atomic mass is 32.2. The molecule has 2 N–H and O–H groups in total. The van der Waals surface area contributed by atoms with Crippen LogP contribution in [0.4, 0.5) is 5.69 Å². The lowest BCUT2D eigenvalue weighted by molar-refractivity contribution is 0.369. The van der Waals surface area contributed by atoms with Crippen molar-refractivity contribution in [1.29, 1.82) is 0 Å². The Balaban J connectivity index is 2.58.